The van der Waals surface area contributed by atoms with Crippen LogP contribution in [-0.2, 0) is 26.2 Å². The Labute approximate surface area is 455 Å². The van der Waals surface area contributed by atoms with Crippen LogP contribution in [0.3, 0.4) is 0 Å². The predicted molar refractivity (Wildman–Crippen MR) is 300 cm³/mol. The van der Waals surface area contributed by atoms with Crippen LogP contribution in [0.15, 0.2) is 91.5 Å². The smallest absolute Gasteiger partial charge is 0.222 e. The zero-order valence-electron chi connectivity index (χ0n) is 46.1. The number of pyridine rings is 2. The number of hydrogen-bond donors (Lipinski definition) is 7. The van der Waals surface area contributed by atoms with Gasteiger partial charge in [0.25, 0.3) is 0 Å². The zero-order chi connectivity index (χ0) is 51.5. The number of aromatic nitrogens is 2. The molecule has 7 N–H and O–H groups in total. The fourth-order valence-electron chi connectivity index (χ4n) is 21.1. The molecule has 0 atom stereocenters. The second-order valence-electron chi connectivity index (χ2n) is 28.9. The molecule has 16 bridgehead atoms. The first-order chi connectivity index (χ1) is 36.9. The lowest BCUT2D eigenvalue weighted by atomic mass is 9.53. The number of nitrogens with zero attached hydrogens (tertiary/aromatic N) is 2. The molecule has 0 saturated heterocycles. The SMILES string of the molecule is Cc1cc(O)cc(O)c1CNC12CC3CC(CC(C3)C1)C2.O[n+]1ccc(CNC23CC4CC(CC(C4)C2)C3)cc1.c1cc(CNC23CC4CC(CC(C4)C2)C3)ccn1.c1ccc(CNC23CC4CC(CC(C4)C2)C3)cc1. The largest absolute Gasteiger partial charge is 0.508 e. The molecule has 16 fully saturated rings. The third-order valence-corrected chi connectivity index (χ3v) is 22.7. The normalized spacial score (nSPS) is 39.7. The second-order valence-corrected chi connectivity index (χ2v) is 28.9. The summed E-state index contributed by atoms with van der Waals surface area (Å²) >= 11 is 0. The third-order valence-electron chi connectivity index (χ3n) is 22.7. The molecule has 9 heteroatoms. The van der Waals surface area contributed by atoms with Gasteiger partial charge in [-0.3, -0.25) is 10.2 Å². The number of phenolic OH excluding ortho intramolecular Hbond substituents is 2. The molecule has 20 rings (SSSR count). The summed E-state index contributed by atoms with van der Waals surface area (Å²) in [6, 6.07) is 22.3. The zero-order valence-corrected chi connectivity index (χ0v) is 46.1. The van der Waals surface area contributed by atoms with Gasteiger partial charge in [0, 0.05) is 89.2 Å². The van der Waals surface area contributed by atoms with Crippen LogP contribution in [0.1, 0.15) is 182 Å². The van der Waals surface area contributed by atoms with Crippen LogP contribution in [0.25, 0.3) is 0 Å². The summed E-state index contributed by atoms with van der Waals surface area (Å²) in [6.07, 6.45) is 42.0. The maximum absolute atomic E-state index is 10.1. The van der Waals surface area contributed by atoms with Crippen molar-refractivity contribution >= 4 is 0 Å². The van der Waals surface area contributed by atoms with Gasteiger partial charge in [0.15, 0.2) is 0 Å². The van der Waals surface area contributed by atoms with E-state index in [4.69, 9.17) is 0 Å². The van der Waals surface area contributed by atoms with E-state index in [0.717, 1.165) is 107 Å². The van der Waals surface area contributed by atoms with Gasteiger partial charge in [-0.1, -0.05) is 30.3 Å². The first-order valence-electron chi connectivity index (χ1n) is 31.0. The molecular formula is C67H93N6O3+. The summed E-state index contributed by atoms with van der Waals surface area (Å²) in [6.45, 7) is 5.69. The summed E-state index contributed by atoms with van der Waals surface area (Å²) < 4.78 is 1.11. The highest BCUT2D eigenvalue weighted by atomic mass is 16.5. The van der Waals surface area contributed by atoms with Crippen LogP contribution in [0, 0.1) is 77.9 Å². The molecule has 0 unspecified atom stereocenters. The summed E-state index contributed by atoms with van der Waals surface area (Å²) in [7, 11) is 0. The van der Waals surface area contributed by atoms with Crippen molar-refractivity contribution in [2.24, 2.45) is 71.0 Å². The molecule has 0 amide bonds. The molecule has 408 valence electrons. The maximum atomic E-state index is 10.1. The molecule has 16 saturated carbocycles. The van der Waals surface area contributed by atoms with Gasteiger partial charge < -0.3 is 31.5 Å². The quantitative estimate of drug-likeness (QED) is 0.0553. The van der Waals surface area contributed by atoms with Gasteiger partial charge in [-0.15, -0.1) is 0 Å². The number of aromatic hydroxyl groups is 2. The minimum absolute atomic E-state index is 0.142. The van der Waals surface area contributed by atoms with E-state index in [2.05, 4.69) is 68.7 Å². The van der Waals surface area contributed by atoms with Crippen LogP contribution < -0.4 is 26.0 Å². The number of hydrogen-bond acceptors (Lipinski definition) is 8. The summed E-state index contributed by atoms with van der Waals surface area (Å²) in [5.74, 6) is 12.3. The second kappa shape index (κ2) is 21.2. The van der Waals surface area contributed by atoms with E-state index in [0.29, 0.717) is 28.7 Å². The van der Waals surface area contributed by atoms with Gasteiger partial charge in [0.2, 0.25) is 12.4 Å². The van der Waals surface area contributed by atoms with Crippen molar-refractivity contribution in [3.63, 3.8) is 0 Å². The highest BCUT2D eigenvalue weighted by Crippen LogP contribution is 2.59. The number of aryl methyl sites for hydroxylation is 1. The van der Waals surface area contributed by atoms with E-state index >= 15 is 0 Å². The lowest BCUT2D eigenvalue weighted by Crippen LogP contribution is -2.58. The van der Waals surface area contributed by atoms with Crippen molar-refractivity contribution in [2.75, 3.05) is 0 Å². The van der Waals surface area contributed by atoms with Gasteiger partial charge in [0.05, 0.1) is 0 Å². The van der Waals surface area contributed by atoms with Gasteiger partial charge in [-0.25, -0.2) is 0 Å². The Morgan fingerprint density at radius 2 is 0.724 bits per heavy atom. The fraction of sp³-hybridized carbons (Fsp3) is 0.672. The van der Waals surface area contributed by atoms with Crippen molar-refractivity contribution in [3.8, 4) is 11.5 Å². The topological polar surface area (TPSA) is 126 Å². The van der Waals surface area contributed by atoms with Gasteiger partial charge >= 0.3 is 0 Å². The standard InChI is InChI=1S/C18H25NO2.C17H23N.C16H23N2O.C16H22N2/c1-11-2-15(20)6-17(21)16(11)10-19-18-7-12-3-13(8-18)5-14(4-12)9-18;1-2-4-13(5-3-1)12-18-17-9-14-6-15(10-17)8-16(7-14)11-17;19-18-3-1-12(2-4-18)11-17-16-8-13-5-14(9-16)7-15(6-13)10-16;1-3-17-4-2-12(1)11-18-16-8-13-5-14(9-16)7-15(6-13)10-16/h2,6,12-14,19-21H,3-5,7-10H2,1H3;1-5,14-16,18H,6-12H2;1-4,13-15,17,19H,5-11H2;1-4,13-15,18H,5-11H2/q;;+1;. The molecule has 16 aliphatic carbocycles. The molecule has 0 radical (unpaired) electrons. The monoisotopic (exact) mass is 1030 g/mol. The molecular weight excluding hydrogens is 937 g/mol. The predicted octanol–water partition coefficient (Wildman–Crippen LogP) is 12.6. The molecule has 4 aromatic rings. The molecule has 9 nitrogen and oxygen atoms in total. The first-order valence-corrected chi connectivity index (χ1v) is 31.0. The van der Waals surface area contributed by atoms with Crippen LogP contribution in [0.4, 0.5) is 0 Å². The Kier molecular flexibility index (Phi) is 14.4. The van der Waals surface area contributed by atoms with Crippen molar-refractivity contribution in [3.05, 3.63) is 119 Å². The number of benzene rings is 2. The fourth-order valence-corrected chi connectivity index (χ4v) is 21.1. The lowest BCUT2D eigenvalue weighted by molar-refractivity contribution is -0.904. The van der Waals surface area contributed by atoms with Crippen LogP contribution in [0.2, 0.25) is 0 Å². The highest BCUT2D eigenvalue weighted by Gasteiger charge is 2.54. The van der Waals surface area contributed by atoms with E-state index in [1.165, 1.54) is 177 Å². The van der Waals surface area contributed by atoms with Crippen molar-refractivity contribution in [2.45, 2.75) is 209 Å². The van der Waals surface area contributed by atoms with Crippen LogP contribution in [-0.4, -0.2) is 42.6 Å². The average Bonchev–Trinajstić information content (AvgIpc) is 3.50. The lowest BCUT2D eigenvalue weighted by Gasteiger charge is -2.57. The Balaban J connectivity index is 0.0000000972. The molecule has 16 aliphatic rings. The number of nitrogens with one attached hydrogen (secondary N) is 4. The Bertz CT molecular complexity index is 2350. The average molecular weight is 1030 g/mol. The summed E-state index contributed by atoms with van der Waals surface area (Å²) in [5, 5.41) is 44.4. The Hall–Kier alpha value is -4.02. The summed E-state index contributed by atoms with van der Waals surface area (Å²) in [4.78, 5) is 4.09. The Morgan fingerprint density at radius 3 is 1.05 bits per heavy atom. The van der Waals surface area contributed by atoms with E-state index in [9.17, 15) is 15.4 Å². The molecule has 0 aliphatic heterocycles. The summed E-state index contributed by atoms with van der Waals surface area (Å²) in [5.41, 5.74) is 7.71. The molecule has 2 aromatic heterocycles. The molecule has 76 heavy (non-hydrogen) atoms. The number of phenols is 2. The maximum Gasteiger partial charge on any atom is 0.222 e. The third kappa shape index (κ3) is 11.5. The Morgan fingerprint density at radius 1 is 0.421 bits per heavy atom. The van der Waals surface area contributed by atoms with Crippen LogP contribution in [0.5, 0.6) is 11.5 Å². The van der Waals surface area contributed by atoms with Crippen LogP contribution >= 0.6 is 0 Å². The van der Waals surface area contributed by atoms with E-state index in [-0.39, 0.29) is 11.5 Å². The van der Waals surface area contributed by atoms with Crippen molar-refractivity contribution < 1.29 is 20.2 Å². The number of rotatable bonds is 12. The first kappa shape index (κ1) is 51.4. The minimum Gasteiger partial charge on any atom is -0.508 e. The van der Waals surface area contributed by atoms with Gasteiger partial charge in [-0.05, 0) is 272 Å². The van der Waals surface area contributed by atoms with E-state index < -0.39 is 0 Å². The van der Waals surface area contributed by atoms with Gasteiger partial charge in [0.1, 0.15) is 11.5 Å². The van der Waals surface area contributed by atoms with Crippen molar-refractivity contribution in [1.82, 2.24) is 26.3 Å². The van der Waals surface area contributed by atoms with Gasteiger partial charge in [-0.2, -0.15) is 0 Å². The van der Waals surface area contributed by atoms with E-state index in [1.807, 2.05) is 31.5 Å². The molecule has 2 aromatic carbocycles. The molecule has 2 heterocycles. The van der Waals surface area contributed by atoms with Crippen molar-refractivity contribution in [1.29, 1.82) is 0 Å². The minimum atomic E-state index is 0.142. The van der Waals surface area contributed by atoms with E-state index in [1.54, 1.807) is 18.5 Å². The molecule has 0 spiro atoms. The highest BCUT2D eigenvalue weighted by molar-refractivity contribution is 5.44.